The third-order valence-corrected chi connectivity index (χ3v) is 1.52. The minimum Gasteiger partial charge on any atom is -0.333 e. The first-order valence-electron chi connectivity index (χ1n) is 5.50. The van der Waals surface area contributed by atoms with E-state index in [0.29, 0.717) is 12.6 Å². The molecule has 4 heteroatoms. The molecule has 0 aliphatic heterocycles. The third kappa shape index (κ3) is 24.7. The van der Waals surface area contributed by atoms with Gasteiger partial charge in [-0.2, -0.15) is 0 Å². The second kappa shape index (κ2) is 19.2. The number of allylic oxidation sites excluding steroid dienone is 1. The molecule has 0 aromatic carbocycles. The molecule has 0 aliphatic rings. The van der Waals surface area contributed by atoms with Gasteiger partial charge in [0.05, 0.1) is 0 Å². The van der Waals surface area contributed by atoms with E-state index in [0.717, 1.165) is 13.0 Å². The summed E-state index contributed by atoms with van der Waals surface area (Å²) in [6.07, 6.45) is 4.97. The number of hydrogen-bond acceptors (Lipinski definition) is 4. The summed E-state index contributed by atoms with van der Waals surface area (Å²) in [4.78, 5) is 0. The molecule has 0 radical (unpaired) electrons. The molecule has 0 saturated heterocycles. The summed E-state index contributed by atoms with van der Waals surface area (Å²) in [7, 11) is 1.50. The predicted octanol–water partition coefficient (Wildman–Crippen LogP) is 1.08. The minimum atomic E-state index is 0.481. The molecular weight excluding hydrogens is 188 g/mol. The topological polar surface area (TPSA) is 81.3 Å². The molecule has 0 aromatic rings. The Kier molecular flexibility index (Phi) is 25.7. The lowest BCUT2D eigenvalue weighted by atomic mass is 10.3. The van der Waals surface area contributed by atoms with Gasteiger partial charge in [0.25, 0.3) is 0 Å². The quantitative estimate of drug-likeness (QED) is 0.375. The summed E-state index contributed by atoms with van der Waals surface area (Å²) in [5, 5.41) is 1.85. The lowest BCUT2D eigenvalue weighted by Gasteiger charge is -2.18. The largest absolute Gasteiger partial charge is 0.333 e. The molecule has 0 bridgehead atoms. The van der Waals surface area contributed by atoms with Crippen LogP contribution in [0.5, 0.6) is 0 Å². The molecule has 0 fully saturated rings. The molecule has 0 aliphatic carbocycles. The predicted molar refractivity (Wildman–Crippen MR) is 70.3 cm³/mol. The van der Waals surface area contributed by atoms with E-state index in [9.17, 15) is 0 Å². The molecule has 0 atom stereocenters. The van der Waals surface area contributed by atoms with Gasteiger partial charge in [0, 0.05) is 19.1 Å². The van der Waals surface area contributed by atoms with E-state index in [4.69, 9.17) is 11.6 Å². The van der Waals surface area contributed by atoms with Crippen molar-refractivity contribution in [3.05, 3.63) is 12.2 Å². The normalized spacial score (nSPS) is 9.73. The van der Waals surface area contributed by atoms with Crippen molar-refractivity contribution < 1.29 is 0 Å². The Morgan fingerprint density at radius 2 is 1.73 bits per heavy atom. The number of nitrogens with two attached hydrogens (primary N) is 3. The lowest BCUT2D eigenvalue weighted by molar-refractivity contribution is 0.228. The molecule has 6 N–H and O–H groups in total. The summed E-state index contributed by atoms with van der Waals surface area (Å²) in [6.45, 7) is 9.93. The van der Waals surface area contributed by atoms with Crippen molar-refractivity contribution in [2.75, 3.05) is 20.1 Å². The summed E-state index contributed by atoms with van der Waals surface area (Å²) in [6, 6.07) is 0.481. The van der Waals surface area contributed by atoms with E-state index >= 15 is 0 Å². The van der Waals surface area contributed by atoms with Gasteiger partial charge in [-0.3, -0.25) is 5.84 Å². The molecule has 15 heavy (non-hydrogen) atoms. The van der Waals surface area contributed by atoms with Gasteiger partial charge in [-0.05, 0) is 34.2 Å². The highest BCUT2D eigenvalue weighted by molar-refractivity contribution is 4.76. The Morgan fingerprint density at radius 1 is 1.27 bits per heavy atom. The number of hydrogen-bond donors (Lipinski definition) is 3. The maximum absolute atomic E-state index is 5.56. The maximum atomic E-state index is 5.56. The van der Waals surface area contributed by atoms with Gasteiger partial charge in [0.1, 0.15) is 0 Å². The summed E-state index contributed by atoms with van der Waals surface area (Å²) in [5.41, 5.74) is 9.55. The fourth-order valence-electron chi connectivity index (χ4n) is 0.652. The second-order valence-corrected chi connectivity index (χ2v) is 3.14. The van der Waals surface area contributed by atoms with Crippen molar-refractivity contribution in [3.63, 3.8) is 0 Å². The van der Waals surface area contributed by atoms with Crippen molar-refractivity contribution in [1.29, 1.82) is 0 Å². The van der Waals surface area contributed by atoms with Crippen LogP contribution >= 0.6 is 0 Å². The van der Waals surface area contributed by atoms with Gasteiger partial charge >= 0.3 is 0 Å². The van der Waals surface area contributed by atoms with Crippen LogP contribution in [0.1, 0.15) is 34.1 Å². The van der Waals surface area contributed by atoms with E-state index in [-0.39, 0.29) is 0 Å². The molecule has 0 spiro atoms. The molecular formula is C11H30N4. The Hall–Kier alpha value is -0.420. The van der Waals surface area contributed by atoms with Crippen molar-refractivity contribution >= 4 is 0 Å². The van der Waals surface area contributed by atoms with Gasteiger partial charge in [0.15, 0.2) is 0 Å². The SMILES string of the molecule is C/C=C/CN.CCCN(N)C(C)C.CN. The van der Waals surface area contributed by atoms with Crippen molar-refractivity contribution in [2.24, 2.45) is 17.3 Å². The van der Waals surface area contributed by atoms with Gasteiger partial charge in [-0.15, -0.1) is 0 Å². The maximum Gasteiger partial charge on any atom is 0.0184 e. The van der Waals surface area contributed by atoms with E-state index < -0.39 is 0 Å². The first-order chi connectivity index (χ1) is 7.09. The third-order valence-electron chi connectivity index (χ3n) is 1.52. The Morgan fingerprint density at radius 3 is 1.80 bits per heavy atom. The van der Waals surface area contributed by atoms with Crippen molar-refractivity contribution in [3.8, 4) is 0 Å². The highest BCUT2D eigenvalue weighted by Crippen LogP contribution is 1.89. The Labute approximate surface area is 95.5 Å². The van der Waals surface area contributed by atoms with Crippen LogP contribution in [-0.4, -0.2) is 31.2 Å². The average Bonchev–Trinajstić information content (AvgIpc) is 2.23. The van der Waals surface area contributed by atoms with Gasteiger partial charge in [-0.25, -0.2) is 5.01 Å². The highest BCUT2D eigenvalue weighted by Gasteiger charge is 1.99. The van der Waals surface area contributed by atoms with E-state index in [1.807, 2.05) is 24.1 Å². The zero-order chi connectivity index (χ0) is 12.7. The Balaban J connectivity index is -0.000000177. The van der Waals surface area contributed by atoms with Crippen LogP contribution in [0.2, 0.25) is 0 Å². The van der Waals surface area contributed by atoms with Crippen LogP contribution < -0.4 is 17.3 Å². The molecule has 4 nitrogen and oxygen atoms in total. The lowest BCUT2D eigenvalue weighted by Crippen LogP contribution is -2.37. The second-order valence-electron chi connectivity index (χ2n) is 3.14. The number of nitrogens with zero attached hydrogens (tertiary/aromatic N) is 1. The Bertz CT molecular complexity index is 113. The van der Waals surface area contributed by atoms with Gasteiger partial charge < -0.3 is 11.5 Å². The molecule has 0 amide bonds. The molecule has 0 heterocycles. The monoisotopic (exact) mass is 218 g/mol. The molecule has 0 unspecified atom stereocenters. The first-order valence-corrected chi connectivity index (χ1v) is 5.50. The standard InChI is InChI=1S/C6H16N2.C4H9N.CH5N/c1-4-5-8(7)6(2)3;1-2-3-4-5;1-2/h6H,4-5,7H2,1-3H3;2-3H,4-5H2,1H3;2H2,1H3/b;3-2+;. The van der Waals surface area contributed by atoms with E-state index in [2.05, 4.69) is 26.5 Å². The fraction of sp³-hybridized carbons (Fsp3) is 0.818. The van der Waals surface area contributed by atoms with Gasteiger partial charge in [-0.1, -0.05) is 19.1 Å². The average molecular weight is 218 g/mol. The number of rotatable bonds is 4. The van der Waals surface area contributed by atoms with Crippen LogP contribution in [0.3, 0.4) is 0 Å². The van der Waals surface area contributed by atoms with E-state index in [1.54, 1.807) is 0 Å². The van der Waals surface area contributed by atoms with Crippen LogP contribution in [0.25, 0.3) is 0 Å². The van der Waals surface area contributed by atoms with Crippen LogP contribution in [-0.2, 0) is 0 Å². The van der Waals surface area contributed by atoms with Crippen LogP contribution in [0, 0.1) is 0 Å². The smallest absolute Gasteiger partial charge is 0.0184 e. The summed E-state index contributed by atoms with van der Waals surface area (Å²) >= 11 is 0. The van der Waals surface area contributed by atoms with Crippen molar-refractivity contribution in [1.82, 2.24) is 5.01 Å². The van der Waals surface area contributed by atoms with Gasteiger partial charge in [0.2, 0.25) is 0 Å². The first kappa shape index (κ1) is 20.1. The molecule has 0 rings (SSSR count). The fourth-order valence-corrected chi connectivity index (χ4v) is 0.652. The van der Waals surface area contributed by atoms with Crippen LogP contribution in [0.4, 0.5) is 0 Å². The molecule has 94 valence electrons. The van der Waals surface area contributed by atoms with Crippen LogP contribution in [0.15, 0.2) is 12.2 Å². The highest BCUT2D eigenvalue weighted by atomic mass is 15.4. The number of hydrazine groups is 1. The molecule has 0 aromatic heterocycles. The molecule has 0 saturated carbocycles. The summed E-state index contributed by atoms with van der Waals surface area (Å²) in [5.74, 6) is 5.56. The minimum absolute atomic E-state index is 0.481. The zero-order valence-corrected chi connectivity index (χ0v) is 11.0. The van der Waals surface area contributed by atoms with E-state index in [1.165, 1.54) is 7.05 Å². The zero-order valence-electron chi connectivity index (χ0n) is 11.0. The van der Waals surface area contributed by atoms with Crippen molar-refractivity contribution in [2.45, 2.75) is 40.2 Å². The summed E-state index contributed by atoms with van der Waals surface area (Å²) < 4.78 is 0.